The normalized spacial score (nSPS) is 15.5. The van der Waals surface area contributed by atoms with E-state index in [2.05, 4.69) is 36.3 Å². The van der Waals surface area contributed by atoms with Crippen molar-refractivity contribution in [2.45, 2.75) is 0 Å². The van der Waals surface area contributed by atoms with Gasteiger partial charge in [0.25, 0.3) is 0 Å². The Morgan fingerprint density at radius 3 is 2.44 bits per heavy atom. The summed E-state index contributed by atoms with van der Waals surface area (Å²) in [6.07, 6.45) is 1.77. The number of benzene rings is 1. The predicted molar refractivity (Wildman–Crippen MR) is 118 cm³/mol. The molecular formula is C17H19ClIN5S. The van der Waals surface area contributed by atoms with Crippen LogP contribution in [0.15, 0.2) is 64.7 Å². The molecule has 1 aliphatic heterocycles. The van der Waals surface area contributed by atoms with Crippen LogP contribution < -0.4 is 3.53 Å². The number of rotatable bonds is 2. The third kappa shape index (κ3) is 5.86. The number of para-hydroxylation sites is 1. The molecule has 0 atom stereocenters. The molecule has 0 spiro atoms. The van der Waals surface area contributed by atoms with Gasteiger partial charge >= 0.3 is 0 Å². The van der Waals surface area contributed by atoms with Crippen LogP contribution in [0.2, 0.25) is 0 Å². The van der Waals surface area contributed by atoms with Gasteiger partial charge in [0.05, 0.1) is 28.6 Å². The van der Waals surface area contributed by atoms with Crippen molar-refractivity contribution in [1.82, 2.24) is 13.4 Å². The third-order valence-corrected chi connectivity index (χ3v) is 4.94. The van der Waals surface area contributed by atoms with Gasteiger partial charge in [-0.3, -0.25) is 4.98 Å². The summed E-state index contributed by atoms with van der Waals surface area (Å²) in [5, 5.41) is 0. The standard InChI is InChI=1S/C17H18IN5S.ClH/c18-22-16(15-8-4-5-9-19-15)21-17(23-10-12-24-13-11-23)20-14-6-2-1-3-7-14;/h1-9H,10-13H2,(H,20,21,22);1H. The summed E-state index contributed by atoms with van der Waals surface area (Å²) in [7, 11) is 0. The highest BCUT2D eigenvalue weighted by molar-refractivity contribution is 14.1. The SMILES string of the molecule is Cl.INC(=NC(=Nc1ccccc1)N1CCSCC1)c1ccccn1. The first kappa shape index (κ1) is 20.0. The molecule has 0 bridgehead atoms. The Morgan fingerprint density at radius 2 is 1.80 bits per heavy atom. The maximum absolute atomic E-state index is 4.79. The summed E-state index contributed by atoms with van der Waals surface area (Å²) in [4.78, 5) is 16.2. The van der Waals surface area contributed by atoms with Crippen LogP contribution in [-0.4, -0.2) is 46.3 Å². The first-order chi connectivity index (χ1) is 11.9. The Bertz CT molecular complexity index is 705. The zero-order valence-corrected chi connectivity index (χ0v) is 17.3. The molecule has 132 valence electrons. The summed E-state index contributed by atoms with van der Waals surface area (Å²) in [5.74, 6) is 3.63. The van der Waals surface area contributed by atoms with E-state index < -0.39 is 0 Å². The largest absolute Gasteiger partial charge is 0.339 e. The number of hydrogen-bond donors (Lipinski definition) is 1. The van der Waals surface area contributed by atoms with E-state index in [9.17, 15) is 0 Å². The van der Waals surface area contributed by atoms with E-state index in [1.54, 1.807) is 6.20 Å². The molecule has 1 aromatic heterocycles. The van der Waals surface area contributed by atoms with Crippen LogP contribution in [0.3, 0.4) is 0 Å². The van der Waals surface area contributed by atoms with Gasteiger partial charge in [-0.25, -0.2) is 4.99 Å². The molecule has 0 radical (unpaired) electrons. The van der Waals surface area contributed by atoms with Crippen LogP contribution in [0.5, 0.6) is 0 Å². The Balaban J connectivity index is 0.00000225. The highest BCUT2D eigenvalue weighted by atomic mass is 127. The second-order valence-corrected chi connectivity index (χ2v) is 6.88. The van der Waals surface area contributed by atoms with E-state index in [1.165, 1.54) is 0 Å². The monoisotopic (exact) mass is 487 g/mol. The lowest BCUT2D eigenvalue weighted by molar-refractivity contribution is 0.458. The molecule has 0 aliphatic carbocycles. The average Bonchev–Trinajstić information content (AvgIpc) is 2.67. The number of thioether (sulfide) groups is 1. The number of amidine groups is 1. The molecule has 1 saturated heterocycles. The Morgan fingerprint density at radius 1 is 1.08 bits per heavy atom. The van der Waals surface area contributed by atoms with Crippen molar-refractivity contribution in [3.8, 4) is 0 Å². The number of hydrogen-bond acceptors (Lipinski definition) is 3. The molecule has 1 fully saturated rings. The van der Waals surface area contributed by atoms with Gasteiger partial charge in [0.1, 0.15) is 5.69 Å². The summed E-state index contributed by atoms with van der Waals surface area (Å²) in [6, 6.07) is 15.7. The second-order valence-electron chi connectivity index (χ2n) is 5.12. The first-order valence-corrected chi connectivity index (χ1v) is 9.93. The highest BCUT2D eigenvalue weighted by Gasteiger charge is 2.16. The smallest absolute Gasteiger partial charge is 0.228 e. The third-order valence-electron chi connectivity index (χ3n) is 3.49. The lowest BCUT2D eigenvalue weighted by atomic mass is 10.3. The van der Waals surface area contributed by atoms with E-state index >= 15 is 0 Å². The molecule has 3 rings (SSSR count). The topological polar surface area (TPSA) is 52.9 Å². The molecule has 0 unspecified atom stereocenters. The number of aromatic nitrogens is 1. The number of pyridine rings is 1. The van der Waals surface area contributed by atoms with E-state index in [1.807, 2.05) is 60.3 Å². The summed E-state index contributed by atoms with van der Waals surface area (Å²) in [5.41, 5.74) is 1.71. The second kappa shape index (κ2) is 10.6. The zero-order chi connectivity index (χ0) is 16.6. The van der Waals surface area contributed by atoms with Crippen LogP contribution in [0.25, 0.3) is 0 Å². The number of halogens is 2. The van der Waals surface area contributed by atoms with Crippen molar-refractivity contribution >= 4 is 64.5 Å². The van der Waals surface area contributed by atoms with Crippen molar-refractivity contribution in [2.24, 2.45) is 9.98 Å². The molecule has 5 nitrogen and oxygen atoms in total. The van der Waals surface area contributed by atoms with E-state index in [0.29, 0.717) is 5.84 Å². The lowest BCUT2D eigenvalue weighted by Gasteiger charge is -2.27. The van der Waals surface area contributed by atoms with Crippen molar-refractivity contribution < 1.29 is 0 Å². The van der Waals surface area contributed by atoms with Crippen LogP contribution in [0.1, 0.15) is 5.69 Å². The first-order valence-electron chi connectivity index (χ1n) is 7.70. The van der Waals surface area contributed by atoms with Crippen LogP contribution in [0, 0.1) is 0 Å². The molecule has 1 N–H and O–H groups in total. The highest BCUT2D eigenvalue weighted by Crippen LogP contribution is 2.16. The van der Waals surface area contributed by atoms with Crippen LogP contribution >= 0.6 is 47.0 Å². The fraction of sp³-hybridized carbons (Fsp3) is 0.235. The van der Waals surface area contributed by atoms with Gasteiger partial charge in [-0.15, -0.1) is 12.4 Å². The fourth-order valence-electron chi connectivity index (χ4n) is 2.28. The maximum atomic E-state index is 4.79. The molecular weight excluding hydrogens is 469 g/mol. The number of nitrogens with zero attached hydrogens (tertiary/aromatic N) is 4. The molecule has 25 heavy (non-hydrogen) atoms. The van der Waals surface area contributed by atoms with Gasteiger partial charge in [-0.1, -0.05) is 24.3 Å². The van der Waals surface area contributed by atoms with Crippen molar-refractivity contribution in [3.05, 3.63) is 60.4 Å². The van der Waals surface area contributed by atoms with E-state index in [-0.39, 0.29) is 12.4 Å². The molecule has 1 aromatic carbocycles. The van der Waals surface area contributed by atoms with Gasteiger partial charge in [-0.05, 0) is 24.3 Å². The maximum Gasteiger partial charge on any atom is 0.228 e. The van der Waals surface area contributed by atoms with E-state index in [4.69, 9.17) is 9.98 Å². The average molecular weight is 488 g/mol. The van der Waals surface area contributed by atoms with Gasteiger partial charge in [0.15, 0.2) is 5.84 Å². The van der Waals surface area contributed by atoms with Gasteiger partial charge in [0.2, 0.25) is 5.96 Å². The number of guanidine groups is 1. The Labute approximate surface area is 172 Å². The predicted octanol–water partition coefficient (Wildman–Crippen LogP) is 3.93. The minimum absolute atomic E-state index is 0. The minimum Gasteiger partial charge on any atom is -0.339 e. The van der Waals surface area contributed by atoms with Gasteiger partial charge in [0, 0.05) is 30.8 Å². The Hall–Kier alpha value is -1.32. The summed E-state index contributed by atoms with van der Waals surface area (Å²) < 4.78 is 3.12. The number of nitrogens with one attached hydrogen (secondary N) is 1. The summed E-state index contributed by atoms with van der Waals surface area (Å²) in [6.45, 7) is 1.91. The molecule has 0 saturated carbocycles. The molecule has 0 amide bonds. The van der Waals surface area contributed by atoms with Crippen LogP contribution in [0.4, 0.5) is 5.69 Å². The van der Waals surface area contributed by atoms with E-state index in [0.717, 1.165) is 41.9 Å². The van der Waals surface area contributed by atoms with Crippen LogP contribution in [-0.2, 0) is 0 Å². The summed E-state index contributed by atoms with van der Waals surface area (Å²) >= 11 is 4.06. The van der Waals surface area contributed by atoms with Crippen molar-refractivity contribution in [1.29, 1.82) is 0 Å². The zero-order valence-electron chi connectivity index (χ0n) is 13.5. The Kier molecular flexibility index (Phi) is 8.50. The van der Waals surface area contributed by atoms with Gasteiger partial charge < -0.3 is 8.43 Å². The molecule has 8 heteroatoms. The quantitative estimate of drug-likeness (QED) is 0.302. The fourth-order valence-corrected chi connectivity index (χ4v) is 3.58. The lowest BCUT2D eigenvalue weighted by Crippen LogP contribution is -2.38. The number of aliphatic imine (C=N–C) groups is 2. The van der Waals surface area contributed by atoms with Crippen molar-refractivity contribution in [2.75, 3.05) is 24.6 Å². The minimum atomic E-state index is 0. The molecule has 2 heterocycles. The molecule has 1 aliphatic rings. The van der Waals surface area contributed by atoms with Gasteiger partial charge in [-0.2, -0.15) is 16.8 Å². The molecule has 2 aromatic rings. The van der Waals surface area contributed by atoms with Crippen molar-refractivity contribution in [3.63, 3.8) is 0 Å².